The summed E-state index contributed by atoms with van der Waals surface area (Å²) in [7, 11) is 2.11. The van der Waals surface area contributed by atoms with E-state index in [9.17, 15) is 0 Å². The van der Waals surface area contributed by atoms with Crippen molar-refractivity contribution in [3.05, 3.63) is 52.0 Å². The molecule has 0 amide bonds. The Balaban J connectivity index is 1.91. The van der Waals surface area contributed by atoms with Crippen molar-refractivity contribution in [1.29, 1.82) is 0 Å². The largest absolute Gasteiger partial charge is 0.326 e. The van der Waals surface area contributed by atoms with Gasteiger partial charge in [0.2, 0.25) is 0 Å². The summed E-state index contributed by atoms with van der Waals surface area (Å²) < 4.78 is 0. The number of nitrogens with two attached hydrogens (primary N) is 1. The fourth-order valence-corrected chi connectivity index (χ4v) is 2.36. The van der Waals surface area contributed by atoms with Gasteiger partial charge in [0.05, 0.1) is 5.69 Å². The van der Waals surface area contributed by atoms with Crippen molar-refractivity contribution in [1.82, 2.24) is 9.88 Å². The van der Waals surface area contributed by atoms with Crippen LogP contribution < -0.4 is 5.73 Å². The van der Waals surface area contributed by atoms with Gasteiger partial charge in [-0.15, -0.1) is 0 Å². The molecule has 0 unspecified atom stereocenters. The van der Waals surface area contributed by atoms with Crippen LogP contribution in [0.15, 0.2) is 35.2 Å². The van der Waals surface area contributed by atoms with Crippen LogP contribution in [0.4, 0.5) is 0 Å². The highest BCUT2D eigenvalue weighted by molar-refractivity contribution is 7.07. The molecular weight excluding hydrogens is 230 g/mol. The summed E-state index contributed by atoms with van der Waals surface area (Å²) in [5, 5.41) is 4.29. The molecule has 90 valence electrons. The molecule has 17 heavy (non-hydrogen) atoms. The van der Waals surface area contributed by atoms with Crippen molar-refractivity contribution >= 4 is 11.3 Å². The number of thiophene rings is 1. The van der Waals surface area contributed by atoms with Crippen LogP contribution in [0.1, 0.15) is 16.8 Å². The molecule has 4 heteroatoms. The first-order chi connectivity index (χ1) is 8.28. The summed E-state index contributed by atoms with van der Waals surface area (Å²) in [6, 6.07) is 6.25. The van der Waals surface area contributed by atoms with Gasteiger partial charge < -0.3 is 5.73 Å². The van der Waals surface area contributed by atoms with E-state index in [1.54, 1.807) is 11.3 Å². The van der Waals surface area contributed by atoms with Gasteiger partial charge in [0.25, 0.3) is 0 Å². The van der Waals surface area contributed by atoms with Crippen LogP contribution in [0.5, 0.6) is 0 Å². The Kier molecular flexibility index (Phi) is 4.25. The first kappa shape index (κ1) is 12.2. The van der Waals surface area contributed by atoms with E-state index >= 15 is 0 Å². The smallest absolute Gasteiger partial charge is 0.0544 e. The van der Waals surface area contributed by atoms with Crippen molar-refractivity contribution in [3.63, 3.8) is 0 Å². The van der Waals surface area contributed by atoms with E-state index in [4.69, 9.17) is 5.73 Å². The SMILES string of the molecule is CN(Cc1ccsc1)Cc1ccc(CN)cn1. The quantitative estimate of drug-likeness (QED) is 0.881. The summed E-state index contributed by atoms with van der Waals surface area (Å²) in [5.74, 6) is 0. The van der Waals surface area contributed by atoms with Crippen LogP contribution >= 0.6 is 11.3 Å². The second kappa shape index (κ2) is 5.91. The monoisotopic (exact) mass is 247 g/mol. The zero-order valence-electron chi connectivity index (χ0n) is 9.97. The van der Waals surface area contributed by atoms with Gasteiger partial charge in [-0.1, -0.05) is 6.07 Å². The molecule has 0 radical (unpaired) electrons. The van der Waals surface area contributed by atoms with Gasteiger partial charge in [0.1, 0.15) is 0 Å². The minimum atomic E-state index is 0.554. The highest BCUT2D eigenvalue weighted by Gasteiger charge is 2.03. The van der Waals surface area contributed by atoms with Crippen LogP contribution in [0.3, 0.4) is 0 Å². The number of pyridine rings is 1. The summed E-state index contributed by atoms with van der Waals surface area (Å²) in [6.45, 7) is 2.38. The first-order valence-electron chi connectivity index (χ1n) is 5.61. The Hall–Kier alpha value is -1.23. The second-order valence-electron chi connectivity index (χ2n) is 4.17. The van der Waals surface area contributed by atoms with Gasteiger partial charge in [-0.3, -0.25) is 9.88 Å². The van der Waals surface area contributed by atoms with Crippen LogP contribution in [-0.4, -0.2) is 16.9 Å². The molecule has 3 nitrogen and oxygen atoms in total. The molecular formula is C13H17N3S. The molecule has 0 atom stereocenters. The van der Waals surface area contributed by atoms with Gasteiger partial charge in [-0.25, -0.2) is 0 Å². The average Bonchev–Trinajstić information content (AvgIpc) is 2.82. The average molecular weight is 247 g/mol. The molecule has 0 bridgehead atoms. The lowest BCUT2D eigenvalue weighted by Crippen LogP contribution is -2.17. The number of hydrogen-bond acceptors (Lipinski definition) is 4. The Labute approximate surface area is 106 Å². The van der Waals surface area contributed by atoms with Gasteiger partial charge in [0.15, 0.2) is 0 Å². The Morgan fingerprint density at radius 3 is 2.71 bits per heavy atom. The highest BCUT2D eigenvalue weighted by atomic mass is 32.1. The third-order valence-corrected chi connectivity index (χ3v) is 3.32. The molecule has 0 aliphatic heterocycles. The summed E-state index contributed by atoms with van der Waals surface area (Å²) in [5.41, 5.74) is 9.06. The summed E-state index contributed by atoms with van der Waals surface area (Å²) in [6.07, 6.45) is 1.85. The van der Waals surface area contributed by atoms with Crippen molar-refractivity contribution in [3.8, 4) is 0 Å². The van der Waals surface area contributed by atoms with E-state index in [-0.39, 0.29) is 0 Å². The summed E-state index contributed by atoms with van der Waals surface area (Å²) in [4.78, 5) is 6.66. The topological polar surface area (TPSA) is 42.1 Å². The van der Waals surface area contributed by atoms with Gasteiger partial charge >= 0.3 is 0 Å². The maximum Gasteiger partial charge on any atom is 0.0544 e. The lowest BCUT2D eigenvalue weighted by Gasteiger charge is -2.15. The predicted molar refractivity (Wildman–Crippen MR) is 71.6 cm³/mol. The predicted octanol–water partition coefficient (Wildman–Crippen LogP) is 2.23. The molecule has 0 aliphatic carbocycles. The van der Waals surface area contributed by atoms with E-state index in [2.05, 4.69) is 33.8 Å². The number of hydrogen-bond donors (Lipinski definition) is 1. The Morgan fingerprint density at radius 1 is 1.24 bits per heavy atom. The van der Waals surface area contributed by atoms with Crippen molar-refractivity contribution in [2.24, 2.45) is 5.73 Å². The molecule has 2 aromatic rings. The fraction of sp³-hybridized carbons (Fsp3) is 0.308. The molecule has 2 rings (SSSR count). The van der Waals surface area contributed by atoms with Gasteiger partial charge in [0, 0.05) is 25.8 Å². The maximum absolute atomic E-state index is 5.54. The number of nitrogens with zero attached hydrogens (tertiary/aromatic N) is 2. The van der Waals surface area contributed by atoms with Crippen LogP contribution in [0.25, 0.3) is 0 Å². The van der Waals surface area contributed by atoms with Crippen molar-refractivity contribution in [2.45, 2.75) is 19.6 Å². The molecule has 2 heterocycles. The maximum atomic E-state index is 5.54. The Morgan fingerprint density at radius 2 is 2.12 bits per heavy atom. The fourth-order valence-electron chi connectivity index (χ4n) is 1.70. The molecule has 0 aliphatic rings. The molecule has 0 fully saturated rings. The van der Waals surface area contributed by atoms with Gasteiger partial charge in [-0.05, 0) is 41.1 Å². The standard InChI is InChI=1S/C13H17N3S/c1-16(8-12-4-5-17-10-12)9-13-3-2-11(6-14)7-15-13/h2-5,7,10H,6,8-9,14H2,1H3. The van der Waals surface area contributed by atoms with Crippen molar-refractivity contribution in [2.75, 3.05) is 7.05 Å². The highest BCUT2D eigenvalue weighted by Crippen LogP contribution is 2.10. The third-order valence-electron chi connectivity index (χ3n) is 2.59. The minimum absolute atomic E-state index is 0.554. The molecule has 0 saturated carbocycles. The van der Waals surface area contributed by atoms with E-state index in [1.807, 2.05) is 18.3 Å². The summed E-state index contributed by atoms with van der Waals surface area (Å²) >= 11 is 1.74. The van der Waals surface area contributed by atoms with Crippen molar-refractivity contribution < 1.29 is 0 Å². The molecule has 2 aromatic heterocycles. The minimum Gasteiger partial charge on any atom is -0.326 e. The molecule has 0 spiro atoms. The number of aromatic nitrogens is 1. The first-order valence-corrected chi connectivity index (χ1v) is 6.55. The normalized spacial score (nSPS) is 11.0. The molecule has 0 saturated heterocycles. The van der Waals surface area contributed by atoms with Crippen LogP contribution in [-0.2, 0) is 19.6 Å². The third kappa shape index (κ3) is 3.63. The van der Waals surface area contributed by atoms with Crippen LogP contribution in [0, 0.1) is 0 Å². The van der Waals surface area contributed by atoms with E-state index in [0.717, 1.165) is 24.3 Å². The molecule has 2 N–H and O–H groups in total. The lowest BCUT2D eigenvalue weighted by atomic mass is 10.2. The van der Waals surface area contributed by atoms with Gasteiger partial charge in [-0.2, -0.15) is 11.3 Å². The zero-order chi connectivity index (χ0) is 12.1. The van der Waals surface area contributed by atoms with E-state index in [1.165, 1.54) is 5.56 Å². The second-order valence-corrected chi connectivity index (χ2v) is 4.95. The van der Waals surface area contributed by atoms with E-state index < -0.39 is 0 Å². The van der Waals surface area contributed by atoms with E-state index in [0.29, 0.717) is 6.54 Å². The lowest BCUT2D eigenvalue weighted by molar-refractivity contribution is 0.315. The zero-order valence-corrected chi connectivity index (χ0v) is 10.8. The molecule has 0 aromatic carbocycles. The van der Waals surface area contributed by atoms with Crippen LogP contribution in [0.2, 0.25) is 0 Å². The number of rotatable bonds is 5. The Bertz CT molecular complexity index is 436.